The minimum Gasteiger partial charge on any atom is -0.465 e. The number of aromatic nitrogens is 1. The normalized spacial score (nSPS) is 18.3. The highest BCUT2D eigenvalue weighted by atomic mass is 16.5. The van der Waals surface area contributed by atoms with E-state index in [-0.39, 0.29) is 5.97 Å². The van der Waals surface area contributed by atoms with Crippen LogP contribution in [0.5, 0.6) is 0 Å². The maximum atomic E-state index is 11.9. The summed E-state index contributed by atoms with van der Waals surface area (Å²) in [6, 6.07) is 3.57. The van der Waals surface area contributed by atoms with Crippen LogP contribution in [0.2, 0.25) is 0 Å². The van der Waals surface area contributed by atoms with Crippen LogP contribution in [0.15, 0.2) is 18.3 Å². The van der Waals surface area contributed by atoms with Gasteiger partial charge in [0.25, 0.3) is 0 Å². The predicted molar refractivity (Wildman–Crippen MR) is 83.7 cm³/mol. The van der Waals surface area contributed by atoms with Crippen molar-refractivity contribution in [3.05, 3.63) is 23.9 Å². The monoisotopic (exact) mass is 291 g/mol. The Morgan fingerprint density at radius 2 is 2.43 bits per heavy atom. The van der Waals surface area contributed by atoms with Gasteiger partial charge >= 0.3 is 5.97 Å². The van der Waals surface area contributed by atoms with Crippen LogP contribution in [0.3, 0.4) is 0 Å². The Labute approximate surface area is 126 Å². The lowest BCUT2D eigenvalue weighted by Gasteiger charge is -2.31. The number of nitrogens with one attached hydrogen (secondary N) is 1. The lowest BCUT2D eigenvalue weighted by Crippen LogP contribution is -2.39. The number of rotatable bonds is 6. The van der Waals surface area contributed by atoms with E-state index in [1.165, 1.54) is 20.0 Å². The number of ether oxygens (including phenoxy) is 1. The van der Waals surface area contributed by atoms with Gasteiger partial charge in [0.05, 0.1) is 7.11 Å². The number of piperidine rings is 1. The summed E-state index contributed by atoms with van der Waals surface area (Å²) in [5.41, 5.74) is 0.553. The molecular formula is C16H25N3O2. The van der Waals surface area contributed by atoms with Crippen molar-refractivity contribution >= 4 is 11.8 Å². The molecular weight excluding hydrogens is 266 g/mol. The molecule has 1 aliphatic heterocycles. The van der Waals surface area contributed by atoms with Crippen molar-refractivity contribution in [1.29, 1.82) is 0 Å². The average Bonchev–Trinajstić information content (AvgIpc) is 2.55. The van der Waals surface area contributed by atoms with E-state index in [1.807, 2.05) is 0 Å². The molecule has 1 saturated heterocycles. The zero-order valence-corrected chi connectivity index (χ0v) is 13.0. The first-order chi connectivity index (χ1) is 10.3. The van der Waals surface area contributed by atoms with Gasteiger partial charge in [0.1, 0.15) is 11.4 Å². The number of pyridine rings is 1. The molecule has 0 spiro atoms. The molecule has 1 fully saturated rings. The summed E-state index contributed by atoms with van der Waals surface area (Å²) in [6.45, 7) is 6.13. The van der Waals surface area contributed by atoms with Gasteiger partial charge in [-0.25, -0.2) is 9.78 Å². The van der Waals surface area contributed by atoms with E-state index in [2.05, 4.69) is 22.1 Å². The average molecular weight is 291 g/mol. The van der Waals surface area contributed by atoms with Crippen molar-refractivity contribution in [1.82, 2.24) is 10.3 Å². The summed E-state index contributed by atoms with van der Waals surface area (Å²) < 4.78 is 4.88. The van der Waals surface area contributed by atoms with Gasteiger partial charge in [0.2, 0.25) is 0 Å². The van der Waals surface area contributed by atoms with Gasteiger partial charge in [-0.15, -0.1) is 0 Å². The second-order valence-corrected chi connectivity index (χ2v) is 5.52. The summed E-state index contributed by atoms with van der Waals surface area (Å²) in [6.07, 6.45) is 5.21. The van der Waals surface area contributed by atoms with Crippen LogP contribution in [-0.2, 0) is 4.74 Å². The molecule has 0 aromatic carbocycles. The van der Waals surface area contributed by atoms with Crippen molar-refractivity contribution < 1.29 is 9.53 Å². The molecule has 0 radical (unpaired) electrons. The number of carbonyl (C=O) groups excluding carboxylic acids is 1. The maximum Gasteiger partial charge on any atom is 0.341 e. The topological polar surface area (TPSA) is 54.5 Å². The third-order valence-electron chi connectivity index (χ3n) is 3.86. The highest BCUT2D eigenvalue weighted by Gasteiger charge is 2.22. The molecule has 21 heavy (non-hydrogen) atoms. The lowest BCUT2D eigenvalue weighted by molar-refractivity contribution is 0.0601. The zero-order chi connectivity index (χ0) is 15.1. The molecule has 0 bridgehead atoms. The minimum atomic E-state index is -0.319. The molecule has 2 rings (SSSR count). The minimum absolute atomic E-state index is 0.319. The Kier molecular flexibility index (Phi) is 5.99. The number of nitrogens with zero attached hydrogens (tertiary/aromatic N) is 2. The van der Waals surface area contributed by atoms with E-state index in [1.54, 1.807) is 18.3 Å². The second kappa shape index (κ2) is 7.98. The molecule has 5 nitrogen and oxygen atoms in total. The van der Waals surface area contributed by atoms with Crippen LogP contribution in [-0.4, -0.2) is 44.2 Å². The SMILES string of the molecule is CCCN(CC1CCCNC1)c1ncccc1C(=O)OC. The highest BCUT2D eigenvalue weighted by Crippen LogP contribution is 2.21. The number of carbonyl (C=O) groups is 1. The Morgan fingerprint density at radius 3 is 3.10 bits per heavy atom. The molecule has 0 amide bonds. The van der Waals surface area contributed by atoms with Crippen molar-refractivity contribution in [2.75, 3.05) is 38.2 Å². The standard InChI is InChI=1S/C16H25N3O2/c1-3-10-19(12-13-6-4-8-17-11-13)15-14(16(20)21-2)7-5-9-18-15/h5,7,9,13,17H,3-4,6,8,10-12H2,1-2H3. The largest absolute Gasteiger partial charge is 0.465 e. The molecule has 1 N–H and O–H groups in total. The van der Waals surface area contributed by atoms with Crippen LogP contribution >= 0.6 is 0 Å². The number of esters is 1. The number of hydrogen-bond acceptors (Lipinski definition) is 5. The lowest BCUT2D eigenvalue weighted by atomic mass is 9.99. The van der Waals surface area contributed by atoms with Gasteiger partial charge < -0.3 is 15.0 Å². The van der Waals surface area contributed by atoms with Crippen LogP contribution in [0.25, 0.3) is 0 Å². The van der Waals surface area contributed by atoms with E-state index in [9.17, 15) is 4.79 Å². The first-order valence-corrected chi connectivity index (χ1v) is 7.75. The van der Waals surface area contributed by atoms with Crippen LogP contribution in [0.1, 0.15) is 36.5 Å². The molecule has 0 aliphatic carbocycles. The van der Waals surface area contributed by atoms with Crippen molar-refractivity contribution in [2.24, 2.45) is 5.92 Å². The van der Waals surface area contributed by atoms with E-state index in [4.69, 9.17) is 4.74 Å². The molecule has 5 heteroatoms. The first kappa shape index (κ1) is 15.8. The quantitative estimate of drug-likeness (QED) is 0.813. The van der Waals surface area contributed by atoms with Crippen LogP contribution in [0, 0.1) is 5.92 Å². The number of hydrogen-bond donors (Lipinski definition) is 1. The maximum absolute atomic E-state index is 11.9. The first-order valence-electron chi connectivity index (χ1n) is 7.75. The Hall–Kier alpha value is -1.62. The van der Waals surface area contributed by atoms with Crippen molar-refractivity contribution in [3.8, 4) is 0 Å². The van der Waals surface area contributed by atoms with E-state index in [0.29, 0.717) is 11.5 Å². The summed E-state index contributed by atoms with van der Waals surface area (Å²) in [7, 11) is 1.41. The van der Waals surface area contributed by atoms with Gasteiger partial charge in [0, 0.05) is 19.3 Å². The van der Waals surface area contributed by atoms with E-state index >= 15 is 0 Å². The molecule has 1 unspecified atom stereocenters. The Morgan fingerprint density at radius 1 is 1.57 bits per heavy atom. The summed E-state index contributed by atoms with van der Waals surface area (Å²) in [4.78, 5) is 18.6. The predicted octanol–water partition coefficient (Wildman–Crippen LogP) is 2.08. The van der Waals surface area contributed by atoms with Crippen molar-refractivity contribution in [3.63, 3.8) is 0 Å². The van der Waals surface area contributed by atoms with Gasteiger partial charge in [-0.2, -0.15) is 0 Å². The fraction of sp³-hybridized carbons (Fsp3) is 0.625. The molecule has 116 valence electrons. The Bertz CT molecular complexity index is 459. The van der Waals surface area contributed by atoms with Gasteiger partial charge in [0.15, 0.2) is 0 Å². The third kappa shape index (κ3) is 4.17. The van der Waals surface area contributed by atoms with E-state index < -0.39 is 0 Å². The third-order valence-corrected chi connectivity index (χ3v) is 3.86. The fourth-order valence-electron chi connectivity index (χ4n) is 2.86. The number of anilines is 1. The highest BCUT2D eigenvalue weighted by molar-refractivity contribution is 5.94. The van der Waals surface area contributed by atoms with Gasteiger partial charge in [-0.3, -0.25) is 0 Å². The Balaban J connectivity index is 2.18. The smallest absolute Gasteiger partial charge is 0.341 e. The van der Waals surface area contributed by atoms with Gasteiger partial charge in [-0.05, 0) is 50.4 Å². The molecule has 1 atom stereocenters. The zero-order valence-electron chi connectivity index (χ0n) is 13.0. The number of methoxy groups -OCH3 is 1. The second-order valence-electron chi connectivity index (χ2n) is 5.52. The molecule has 2 heterocycles. The summed E-state index contributed by atoms with van der Waals surface area (Å²) in [5.74, 6) is 1.04. The van der Waals surface area contributed by atoms with Gasteiger partial charge in [-0.1, -0.05) is 6.92 Å². The molecule has 1 aromatic rings. The molecule has 1 aliphatic rings. The van der Waals surface area contributed by atoms with Crippen LogP contribution < -0.4 is 10.2 Å². The molecule has 1 aromatic heterocycles. The summed E-state index contributed by atoms with van der Waals surface area (Å²) >= 11 is 0. The molecule has 0 saturated carbocycles. The van der Waals surface area contributed by atoms with E-state index in [0.717, 1.165) is 38.4 Å². The fourth-order valence-corrected chi connectivity index (χ4v) is 2.86. The van der Waals surface area contributed by atoms with Crippen LogP contribution in [0.4, 0.5) is 5.82 Å². The van der Waals surface area contributed by atoms with Crippen molar-refractivity contribution in [2.45, 2.75) is 26.2 Å². The summed E-state index contributed by atoms with van der Waals surface area (Å²) in [5, 5.41) is 3.44.